The van der Waals surface area contributed by atoms with E-state index in [1.54, 1.807) is 26.3 Å². The lowest BCUT2D eigenvalue weighted by Crippen LogP contribution is -2.69. The number of carbonyl (C=O) groups excluding carboxylic acids is 2. The predicted octanol–water partition coefficient (Wildman–Crippen LogP) is 1.89. The van der Waals surface area contributed by atoms with E-state index in [4.69, 9.17) is 24.7 Å². The monoisotopic (exact) mass is 605 g/mol. The first-order chi connectivity index (χ1) is 20.4. The van der Waals surface area contributed by atoms with E-state index >= 15 is 0 Å². The fraction of sp³-hybridized carbons (Fsp3) is 0.839. The van der Waals surface area contributed by atoms with Crippen molar-refractivity contribution in [1.82, 2.24) is 5.43 Å². The van der Waals surface area contributed by atoms with Gasteiger partial charge >= 0.3 is 12.0 Å². The van der Waals surface area contributed by atoms with E-state index in [1.165, 1.54) is 0 Å². The Hall–Kier alpha value is -2.09. The van der Waals surface area contributed by atoms with Crippen LogP contribution in [0.15, 0.2) is 16.8 Å². The van der Waals surface area contributed by atoms with E-state index in [2.05, 4.69) is 17.5 Å². The summed E-state index contributed by atoms with van der Waals surface area (Å²) in [6.45, 7) is 4.23. The summed E-state index contributed by atoms with van der Waals surface area (Å²) < 4.78 is 23.1. The van der Waals surface area contributed by atoms with Crippen LogP contribution in [0.1, 0.15) is 78.1 Å². The summed E-state index contributed by atoms with van der Waals surface area (Å²) in [6, 6.07) is -0.783. The molecule has 4 aliphatic carbocycles. The number of rotatable bonds is 6. The zero-order valence-electron chi connectivity index (χ0n) is 25.4. The van der Waals surface area contributed by atoms with Gasteiger partial charge in [-0.2, -0.15) is 5.10 Å². The molecule has 0 aromatic carbocycles. The molecule has 6 rings (SSSR count). The summed E-state index contributed by atoms with van der Waals surface area (Å²) in [6.07, 6.45) is 6.66. The van der Waals surface area contributed by atoms with Crippen LogP contribution in [0, 0.1) is 28.6 Å². The summed E-state index contributed by atoms with van der Waals surface area (Å²) in [5.74, 6) is -0.442. The van der Waals surface area contributed by atoms with Gasteiger partial charge in [-0.1, -0.05) is 6.92 Å². The number of urea groups is 1. The summed E-state index contributed by atoms with van der Waals surface area (Å²) in [7, 11) is 1.56. The Morgan fingerprint density at radius 1 is 1.16 bits per heavy atom. The predicted molar refractivity (Wildman–Crippen MR) is 153 cm³/mol. The molecule has 12 nitrogen and oxygen atoms in total. The molecule has 4 saturated carbocycles. The SMILES string of the molecule is CO[C@@H]1C[C@H](O[C@@H]2CC[C@]3(/C=N\NC(N)=O)[C@H]4CC[C@]5(C)[C@H](C6=CC(=O)OC6)CC[C@]5(O)[C@@H]4CC[C@]3(O)C2)O[C@@H](C)[C@@H]1O. The van der Waals surface area contributed by atoms with Gasteiger partial charge < -0.3 is 40.0 Å². The fourth-order valence-corrected chi connectivity index (χ4v) is 10.2. The van der Waals surface area contributed by atoms with Gasteiger partial charge in [0.2, 0.25) is 0 Å². The second-order valence-corrected chi connectivity index (χ2v) is 14.1. The summed E-state index contributed by atoms with van der Waals surface area (Å²) in [5.41, 5.74) is 5.22. The van der Waals surface area contributed by atoms with Crippen LogP contribution in [0.4, 0.5) is 4.79 Å². The highest BCUT2D eigenvalue weighted by molar-refractivity contribution is 5.85. The Morgan fingerprint density at radius 2 is 1.93 bits per heavy atom. The van der Waals surface area contributed by atoms with Gasteiger partial charge in [0.1, 0.15) is 12.7 Å². The number of nitrogens with two attached hydrogens (primary N) is 1. The summed E-state index contributed by atoms with van der Waals surface area (Å²) >= 11 is 0. The van der Waals surface area contributed by atoms with Crippen molar-refractivity contribution in [2.24, 2.45) is 39.4 Å². The lowest BCUT2D eigenvalue weighted by molar-refractivity contribution is -0.284. The number of esters is 1. The topological polar surface area (TPSA) is 182 Å². The summed E-state index contributed by atoms with van der Waals surface area (Å²) in [5, 5.41) is 39.7. The van der Waals surface area contributed by atoms with E-state index < -0.39 is 52.7 Å². The number of carbonyl (C=O) groups is 2. The van der Waals surface area contributed by atoms with E-state index in [9.17, 15) is 24.9 Å². The molecule has 0 aromatic rings. The molecule has 43 heavy (non-hydrogen) atoms. The number of nitrogens with one attached hydrogen (secondary N) is 1. The van der Waals surface area contributed by atoms with E-state index in [-0.39, 0.29) is 36.4 Å². The number of hydrogen-bond donors (Lipinski definition) is 5. The quantitative estimate of drug-likeness (QED) is 0.131. The first kappa shape index (κ1) is 30.9. The van der Waals surface area contributed by atoms with E-state index in [0.29, 0.717) is 44.9 Å². The van der Waals surface area contributed by atoms with Gasteiger partial charge in [0, 0.05) is 43.1 Å². The third-order valence-corrected chi connectivity index (χ3v) is 12.4. The number of nitrogens with zero attached hydrogens (tertiary/aromatic N) is 1. The van der Waals surface area contributed by atoms with Gasteiger partial charge in [0.15, 0.2) is 6.29 Å². The van der Waals surface area contributed by atoms with Crippen molar-refractivity contribution in [3.05, 3.63) is 11.6 Å². The number of amides is 2. The van der Waals surface area contributed by atoms with Crippen LogP contribution in [0.3, 0.4) is 0 Å². The number of ether oxygens (including phenoxy) is 4. The molecule has 5 fully saturated rings. The third-order valence-electron chi connectivity index (χ3n) is 12.4. The zero-order valence-corrected chi connectivity index (χ0v) is 25.4. The largest absolute Gasteiger partial charge is 0.458 e. The maximum atomic E-state index is 12.6. The Bertz CT molecular complexity index is 1180. The van der Waals surface area contributed by atoms with Crippen LogP contribution in [0.25, 0.3) is 0 Å². The van der Waals surface area contributed by atoms with Crippen molar-refractivity contribution in [3.63, 3.8) is 0 Å². The number of methoxy groups -OCH3 is 1. The van der Waals surface area contributed by atoms with E-state index in [0.717, 1.165) is 24.8 Å². The minimum atomic E-state index is -1.20. The van der Waals surface area contributed by atoms with Crippen molar-refractivity contribution in [2.75, 3.05) is 13.7 Å². The molecule has 0 unspecified atom stereocenters. The molecule has 0 bridgehead atoms. The van der Waals surface area contributed by atoms with Crippen molar-refractivity contribution < 1.29 is 43.9 Å². The normalized spacial score (nSPS) is 49.5. The Morgan fingerprint density at radius 3 is 2.63 bits per heavy atom. The second-order valence-electron chi connectivity index (χ2n) is 14.1. The highest BCUT2D eigenvalue weighted by Gasteiger charge is 2.71. The van der Waals surface area contributed by atoms with Crippen LogP contribution >= 0.6 is 0 Å². The van der Waals surface area contributed by atoms with Crippen molar-refractivity contribution in [3.8, 4) is 0 Å². The number of aliphatic hydroxyl groups is 3. The lowest BCUT2D eigenvalue weighted by atomic mass is 9.41. The number of fused-ring (bicyclic) bond motifs is 5. The molecule has 1 saturated heterocycles. The van der Waals surface area contributed by atoms with Gasteiger partial charge in [0.25, 0.3) is 0 Å². The van der Waals surface area contributed by atoms with E-state index in [1.807, 2.05) is 0 Å². The van der Waals surface area contributed by atoms with Crippen molar-refractivity contribution >= 4 is 18.2 Å². The first-order valence-electron chi connectivity index (χ1n) is 15.8. The number of hydrogen-bond acceptors (Lipinski definition) is 10. The molecule has 2 aliphatic heterocycles. The van der Waals surface area contributed by atoms with Crippen LogP contribution in [0.5, 0.6) is 0 Å². The molecule has 6 N–H and O–H groups in total. The van der Waals surface area contributed by atoms with Gasteiger partial charge in [-0.3, -0.25) is 0 Å². The van der Waals surface area contributed by atoms with Crippen LogP contribution in [-0.4, -0.2) is 89.2 Å². The molecule has 0 aromatic heterocycles. The Balaban J connectivity index is 1.27. The molecular formula is C31H47N3O9. The number of cyclic esters (lactones) is 1. The highest BCUT2D eigenvalue weighted by Crippen LogP contribution is 2.70. The molecule has 2 amide bonds. The Labute approximate surface area is 252 Å². The third kappa shape index (κ3) is 4.84. The molecule has 0 spiro atoms. The van der Waals surface area contributed by atoms with Crippen molar-refractivity contribution in [2.45, 2.75) is 120 Å². The summed E-state index contributed by atoms with van der Waals surface area (Å²) in [4.78, 5) is 23.5. The highest BCUT2D eigenvalue weighted by atomic mass is 16.7. The lowest BCUT2D eigenvalue weighted by Gasteiger charge is -2.66. The van der Waals surface area contributed by atoms with Crippen LogP contribution < -0.4 is 11.2 Å². The molecular weight excluding hydrogens is 558 g/mol. The van der Waals surface area contributed by atoms with Crippen LogP contribution in [0.2, 0.25) is 0 Å². The van der Waals surface area contributed by atoms with Crippen LogP contribution in [-0.2, 0) is 23.7 Å². The van der Waals surface area contributed by atoms with Gasteiger partial charge in [-0.05, 0) is 81.6 Å². The molecule has 2 heterocycles. The minimum absolute atomic E-state index is 0.0586. The standard InChI is InChI=1S/C31H47N3O9/c1-17-26(36)23(40-3)13-25(42-17)43-19-4-9-29(16-33-34-27(32)37)21-5-8-28(2)20(18-12-24(35)41-15-18)7-11-31(28,39)22(21)6-10-30(29,38)14-19/h12,16-17,19-23,25-26,36,38-39H,4-11,13-15H2,1-3H3,(H3,32,34,37)/b33-16-/t17-,19+,20-,21-,22+,23+,25-,26-,28+,29-,30-,31-/m0/s1. The molecule has 6 aliphatic rings. The molecule has 240 valence electrons. The second kappa shape index (κ2) is 11.1. The van der Waals surface area contributed by atoms with Crippen molar-refractivity contribution in [1.29, 1.82) is 0 Å². The number of aliphatic hydroxyl groups excluding tert-OH is 1. The zero-order chi connectivity index (χ0) is 30.8. The van der Waals surface area contributed by atoms with Gasteiger partial charge in [-0.15, -0.1) is 0 Å². The number of primary amides is 1. The van der Waals surface area contributed by atoms with Gasteiger partial charge in [0.05, 0.1) is 29.5 Å². The first-order valence-corrected chi connectivity index (χ1v) is 15.8. The molecule has 12 heteroatoms. The maximum absolute atomic E-state index is 12.6. The number of hydrazone groups is 1. The minimum Gasteiger partial charge on any atom is -0.458 e. The molecule has 12 atom stereocenters. The van der Waals surface area contributed by atoms with Gasteiger partial charge in [-0.25, -0.2) is 15.0 Å². The Kier molecular flexibility index (Phi) is 7.95. The fourth-order valence-electron chi connectivity index (χ4n) is 10.2. The smallest absolute Gasteiger partial charge is 0.332 e. The maximum Gasteiger partial charge on any atom is 0.332 e. The average molecular weight is 606 g/mol. The molecule has 0 radical (unpaired) electrons. The average Bonchev–Trinajstić information content (AvgIpc) is 3.50.